The fraction of sp³-hybridized carbons (Fsp3) is 0.333. The van der Waals surface area contributed by atoms with Gasteiger partial charge in [0.15, 0.2) is 0 Å². The lowest BCUT2D eigenvalue weighted by atomic mass is 9.70. The zero-order valence-electron chi connectivity index (χ0n) is 7.36. The largest absolute Gasteiger partial charge is 0.459 e. The molecule has 3 heteroatoms. The molecule has 0 aliphatic carbocycles. The maximum atomic E-state index is 8.90. The molecule has 0 spiro atoms. The number of rotatable bonds is 2. The fourth-order valence-electron chi connectivity index (χ4n) is 1.04. The van der Waals surface area contributed by atoms with Crippen LogP contribution in [0.5, 0.6) is 0 Å². The standard InChI is InChI=1S/C9H13BO2/c1-7-3-5-9(6-4-7)8(2)10(11)12/h3-6,8,11-12H,1-2H3. The first-order chi connectivity index (χ1) is 5.61. The summed E-state index contributed by atoms with van der Waals surface area (Å²) in [6.45, 7) is 3.79. The van der Waals surface area contributed by atoms with E-state index in [1.54, 1.807) is 6.92 Å². The van der Waals surface area contributed by atoms with Gasteiger partial charge in [0.2, 0.25) is 0 Å². The number of hydrogen-bond donors (Lipinski definition) is 2. The van der Waals surface area contributed by atoms with E-state index in [2.05, 4.69) is 0 Å². The summed E-state index contributed by atoms with van der Waals surface area (Å²) >= 11 is 0. The third kappa shape index (κ3) is 2.09. The van der Waals surface area contributed by atoms with Gasteiger partial charge in [0.05, 0.1) is 0 Å². The number of aryl methyl sites for hydroxylation is 1. The van der Waals surface area contributed by atoms with Crippen LogP contribution in [0.3, 0.4) is 0 Å². The minimum absolute atomic E-state index is 0.217. The van der Waals surface area contributed by atoms with E-state index in [1.165, 1.54) is 5.56 Å². The van der Waals surface area contributed by atoms with E-state index in [1.807, 2.05) is 31.2 Å². The van der Waals surface area contributed by atoms with Gasteiger partial charge in [0.1, 0.15) is 0 Å². The highest BCUT2D eigenvalue weighted by Gasteiger charge is 2.19. The van der Waals surface area contributed by atoms with E-state index in [0.29, 0.717) is 0 Å². The molecule has 2 nitrogen and oxygen atoms in total. The van der Waals surface area contributed by atoms with Crippen LogP contribution >= 0.6 is 0 Å². The van der Waals surface area contributed by atoms with Crippen LogP contribution in [0.25, 0.3) is 0 Å². The Morgan fingerprint density at radius 3 is 2.08 bits per heavy atom. The molecule has 0 radical (unpaired) electrons. The molecule has 1 aromatic rings. The Kier molecular flexibility index (Phi) is 2.90. The summed E-state index contributed by atoms with van der Waals surface area (Å²) in [5.41, 5.74) is 2.13. The van der Waals surface area contributed by atoms with Crippen molar-refractivity contribution in [3.63, 3.8) is 0 Å². The van der Waals surface area contributed by atoms with Crippen LogP contribution in [-0.4, -0.2) is 17.2 Å². The zero-order valence-corrected chi connectivity index (χ0v) is 7.36. The molecule has 1 aromatic carbocycles. The van der Waals surface area contributed by atoms with Crippen LogP contribution in [0, 0.1) is 6.92 Å². The summed E-state index contributed by atoms with van der Waals surface area (Å²) < 4.78 is 0. The van der Waals surface area contributed by atoms with Crippen LogP contribution in [0.1, 0.15) is 23.9 Å². The third-order valence-corrected chi connectivity index (χ3v) is 2.05. The molecule has 12 heavy (non-hydrogen) atoms. The van der Waals surface area contributed by atoms with Crippen LogP contribution in [-0.2, 0) is 0 Å². The molecule has 0 aliphatic heterocycles. The van der Waals surface area contributed by atoms with Crippen LogP contribution < -0.4 is 0 Å². The summed E-state index contributed by atoms with van der Waals surface area (Å²) in [7, 11) is -1.27. The molecule has 0 amide bonds. The van der Waals surface area contributed by atoms with Gasteiger partial charge < -0.3 is 10.0 Å². The summed E-state index contributed by atoms with van der Waals surface area (Å²) in [6, 6.07) is 7.77. The molecule has 0 saturated carbocycles. The van der Waals surface area contributed by atoms with Crippen LogP contribution in [0.2, 0.25) is 0 Å². The average Bonchev–Trinajstić information content (AvgIpc) is 2.04. The first-order valence-corrected chi connectivity index (χ1v) is 4.04. The van der Waals surface area contributed by atoms with E-state index in [9.17, 15) is 0 Å². The first kappa shape index (κ1) is 9.29. The van der Waals surface area contributed by atoms with Gasteiger partial charge in [-0.3, -0.25) is 0 Å². The van der Waals surface area contributed by atoms with E-state index in [-0.39, 0.29) is 5.82 Å². The Balaban J connectivity index is 2.82. The molecule has 1 rings (SSSR count). The highest BCUT2D eigenvalue weighted by Crippen LogP contribution is 2.16. The predicted molar refractivity (Wildman–Crippen MR) is 49.8 cm³/mol. The van der Waals surface area contributed by atoms with Gasteiger partial charge in [-0.2, -0.15) is 0 Å². The molecule has 0 aromatic heterocycles. The number of hydrogen-bond acceptors (Lipinski definition) is 2. The third-order valence-electron chi connectivity index (χ3n) is 2.05. The van der Waals surface area contributed by atoms with Crippen molar-refractivity contribution in [2.45, 2.75) is 19.7 Å². The van der Waals surface area contributed by atoms with Crippen molar-refractivity contribution in [2.75, 3.05) is 0 Å². The first-order valence-electron chi connectivity index (χ1n) is 4.04. The molecular weight excluding hydrogens is 151 g/mol. The van der Waals surface area contributed by atoms with Gasteiger partial charge in [-0.25, -0.2) is 0 Å². The monoisotopic (exact) mass is 164 g/mol. The molecule has 1 unspecified atom stereocenters. The number of benzene rings is 1. The second kappa shape index (κ2) is 3.74. The molecule has 0 aliphatic rings. The van der Waals surface area contributed by atoms with Gasteiger partial charge in [0.25, 0.3) is 0 Å². The minimum Gasteiger partial charge on any atom is -0.427 e. The van der Waals surface area contributed by atoms with Crippen LogP contribution in [0.4, 0.5) is 0 Å². The quantitative estimate of drug-likeness (QED) is 0.642. The summed E-state index contributed by atoms with van der Waals surface area (Å²) in [6.07, 6.45) is 0. The Morgan fingerprint density at radius 2 is 1.67 bits per heavy atom. The van der Waals surface area contributed by atoms with Gasteiger partial charge in [0, 0.05) is 5.82 Å². The topological polar surface area (TPSA) is 40.5 Å². The van der Waals surface area contributed by atoms with Crippen molar-refractivity contribution in [1.29, 1.82) is 0 Å². The summed E-state index contributed by atoms with van der Waals surface area (Å²) in [5.74, 6) is -0.217. The van der Waals surface area contributed by atoms with Crippen molar-refractivity contribution in [3.05, 3.63) is 35.4 Å². The van der Waals surface area contributed by atoms with Crippen molar-refractivity contribution >= 4 is 7.12 Å². The Morgan fingerprint density at radius 1 is 1.17 bits per heavy atom. The van der Waals surface area contributed by atoms with Gasteiger partial charge in [-0.05, 0) is 12.5 Å². The van der Waals surface area contributed by atoms with Crippen molar-refractivity contribution in [1.82, 2.24) is 0 Å². The Hall–Kier alpha value is -0.795. The molecule has 2 N–H and O–H groups in total. The predicted octanol–water partition coefficient (Wildman–Crippen LogP) is 1.11. The van der Waals surface area contributed by atoms with Crippen molar-refractivity contribution in [2.24, 2.45) is 0 Å². The Bertz CT molecular complexity index is 243. The smallest absolute Gasteiger partial charge is 0.427 e. The summed E-state index contributed by atoms with van der Waals surface area (Å²) in [4.78, 5) is 0. The van der Waals surface area contributed by atoms with Gasteiger partial charge in [-0.1, -0.05) is 36.8 Å². The molecular formula is C9H13BO2. The summed E-state index contributed by atoms with van der Waals surface area (Å²) in [5, 5.41) is 17.8. The van der Waals surface area contributed by atoms with Crippen molar-refractivity contribution in [3.8, 4) is 0 Å². The molecule has 0 fully saturated rings. The maximum Gasteiger partial charge on any atom is 0.459 e. The Labute approximate surface area is 73.0 Å². The average molecular weight is 164 g/mol. The molecule has 0 bridgehead atoms. The fourth-order valence-corrected chi connectivity index (χ4v) is 1.04. The van der Waals surface area contributed by atoms with Crippen molar-refractivity contribution < 1.29 is 10.0 Å². The lowest BCUT2D eigenvalue weighted by Crippen LogP contribution is -2.20. The molecule has 0 saturated heterocycles. The van der Waals surface area contributed by atoms with E-state index in [4.69, 9.17) is 10.0 Å². The minimum atomic E-state index is -1.27. The molecule has 0 heterocycles. The van der Waals surface area contributed by atoms with Gasteiger partial charge >= 0.3 is 7.12 Å². The zero-order chi connectivity index (χ0) is 9.14. The second-order valence-corrected chi connectivity index (χ2v) is 3.11. The maximum absolute atomic E-state index is 8.90. The SMILES string of the molecule is Cc1ccc(C(C)B(O)O)cc1. The molecule has 1 atom stereocenters. The van der Waals surface area contributed by atoms with E-state index >= 15 is 0 Å². The normalized spacial score (nSPS) is 12.7. The highest BCUT2D eigenvalue weighted by molar-refractivity contribution is 6.43. The lowest BCUT2D eigenvalue weighted by molar-refractivity contribution is 0.392. The second-order valence-electron chi connectivity index (χ2n) is 3.11. The lowest BCUT2D eigenvalue weighted by Gasteiger charge is -2.09. The molecule has 64 valence electrons. The van der Waals surface area contributed by atoms with E-state index < -0.39 is 7.12 Å². The van der Waals surface area contributed by atoms with E-state index in [0.717, 1.165) is 5.56 Å². The van der Waals surface area contributed by atoms with Crippen LogP contribution in [0.15, 0.2) is 24.3 Å². The van der Waals surface area contributed by atoms with Gasteiger partial charge in [-0.15, -0.1) is 0 Å². The highest BCUT2D eigenvalue weighted by atomic mass is 16.4.